The van der Waals surface area contributed by atoms with Crippen LogP contribution in [0.3, 0.4) is 0 Å². The minimum Gasteiger partial charge on any atom is -0.373 e. The monoisotopic (exact) mass is 246 g/mol. The van der Waals surface area contributed by atoms with Crippen molar-refractivity contribution in [3.05, 3.63) is 35.9 Å². The van der Waals surface area contributed by atoms with E-state index in [2.05, 4.69) is 5.32 Å². The van der Waals surface area contributed by atoms with Crippen LogP contribution < -0.4 is 5.32 Å². The normalized spacial score (nSPS) is 27.7. The van der Waals surface area contributed by atoms with Crippen molar-refractivity contribution >= 4 is 5.91 Å². The van der Waals surface area contributed by atoms with Gasteiger partial charge in [0.1, 0.15) is 0 Å². The van der Waals surface area contributed by atoms with Crippen molar-refractivity contribution in [1.29, 1.82) is 0 Å². The maximum Gasteiger partial charge on any atom is 0.254 e. The molecule has 1 amide bonds. The van der Waals surface area contributed by atoms with Crippen molar-refractivity contribution in [3.63, 3.8) is 0 Å². The molecule has 0 aromatic heterocycles. The molecule has 0 spiro atoms. The van der Waals surface area contributed by atoms with Crippen LogP contribution in [-0.4, -0.2) is 49.2 Å². The van der Waals surface area contributed by atoms with Crippen molar-refractivity contribution in [2.45, 2.75) is 18.6 Å². The van der Waals surface area contributed by atoms with Crippen LogP contribution >= 0.6 is 0 Å². The number of carbonyl (C=O) groups is 1. The minimum absolute atomic E-state index is 0.135. The molecule has 2 saturated heterocycles. The van der Waals surface area contributed by atoms with Gasteiger partial charge in [-0.15, -0.1) is 0 Å². The van der Waals surface area contributed by atoms with Gasteiger partial charge >= 0.3 is 0 Å². The summed E-state index contributed by atoms with van der Waals surface area (Å²) in [7, 11) is 0. The first-order valence-corrected chi connectivity index (χ1v) is 6.54. The molecule has 1 aromatic rings. The van der Waals surface area contributed by atoms with Crippen molar-refractivity contribution < 1.29 is 9.53 Å². The molecule has 2 atom stereocenters. The lowest BCUT2D eigenvalue weighted by Gasteiger charge is -2.44. The maximum atomic E-state index is 12.5. The van der Waals surface area contributed by atoms with Crippen LogP contribution in [0.15, 0.2) is 30.3 Å². The van der Waals surface area contributed by atoms with Gasteiger partial charge in [0.2, 0.25) is 0 Å². The standard InChI is InChI=1S/C14H18N2O2/c17-14(11-4-2-1-3-5-11)16-8-9-18-13-10-15-7-6-12(13)16/h1-5,12-13,15H,6-10H2/t12-,13-/m1/s1. The van der Waals surface area contributed by atoms with Gasteiger partial charge in [-0.3, -0.25) is 4.79 Å². The number of carbonyl (C=O) groups excluding carboxylic acids is 1. The molecular weight excluding hydrogens is 228 g/mol. The fourth-order valence-corrected chi connectivity index (χ4v) is 2.81. The summed E-state index contributed by atoms with van der Waals surface area (Å²) in [6, 6.07) is 9.75. The Hall–Kier alpha value is -1.39. The first-order valence-electron chi connectivity index (χ1n) is 6.54. The predicted molar refractivity (Wildman–Crippen MR) is 68.5 cm³/mol. The van der Waals surface area contributed by atoms with Crippen molar-refractivity contribution in [3.8, 4) is 0 Å². The van der Waals surface area contributed by atoms with E-state index in [0.29, 0.717) is 13.2 Å². The van der Waals surface area contributed by atoms with Gasteiger partial charge < -0.3 is 15.0 Å². The van der Waals surface area contributed by atoms with E-state index < -0.39 is 0 Å². The third kappa shape index (κ3) is 2.13. The summed E-state index contributed by atoms with van der Waals surface area (Å²) >= 11 is 0. The van der Waals surface area contributed by atoms with Crippen LogP contribution in [0, 0.1) is 0 Å². The Kier molecular flexibility index (Phi) is 3.30. The summed E-state index contributed by atoms with van der Waals surface area (Å²) < 4.78 is 5.74. The van der Waals surface area contributed by atoms with Gasteiger partial charge in [-0.1, -0.05) is 18.2 Å². The molecule has 0 aliphatic carbocycles. The Labute approximate surface area is 107 Å². The van der Waals surface area contributed by atoms with Gasteiger partial charge in [-0.25, -0.2) is 0 Å². The molecule has 0 radical (unpaired) electrons. The highest BCUT2D eigenvalue weighted by molar-refractivity contribution is 5.94. The van der Waals surface area contributed by atoms with Crippen LogP contribution in [0.1, 0.15) is 16.8 Å². The SMILES string of the molecule is O=C(c1ccccc1)N1CCO[C@@H]2CNCC[C@H]21. The van der Waals surface area contributed by atoms with Crippen LogP contribution in [-0.2, 0) is 4.74 Å². The number of rotatable bonds is 1. The lowest BCUT2D eigenvalue weighted by molar-refractivity contribution is -0.0685. The first-order chi connectivity index (χ1) is 8.86. The lowest BCUT2D eigenvalue weighted by Crippen LogP contribution is -2.59. The zero-order valence-electron chi connectivity index (χ0n) is 10.3. The van der Waals surface area contributed by atoms with Crippen LogP contribution in [0.4, 0.5) is 0 Å². The molecule has 0 unspecified atom stereocenters. The van der Waals surface area contributed by atoms with E-state index in [1.165, 1.54) is 0 Å². The zero-order valence-corrected chi connectivity index (χ0v) is 10.3. The minimum atomic E-state index is 0.135. The molecule has 2 aliphatic heterocycles. The second-order valence-corrected chi connectivity index (χ2v) is 4.83. The Morgan fingerprint density at radius 1 is 1.33 bits per heavy atom. The number of amides is 1. The van der Waals surface area contributed by atoms with E-state index in [1.807, 2.05) is 35.2 Å². The number of benzene rings is 1. The number of hydrogen-bond donors (Lipinski definition) is 1. The number of piperidine rings is 1. The van der Waals surface area contributed by atoms with Crippen molar-refractivity contribution in [2.24, 2.45) is 0 Å². The topological polar surface area (TPSA) is 41.6 Å². The molecule has 3 rings (SSSR count). The largest absolute Gasteiger partial charge is 0.373 e. The number of ether oxygens (including phenoxy) is 1. The van der Waals surface area contributed by atoms with Crippen molar-refractivity contribution in [2.75, 3.05) is 26.2 Å². The van der Waals surface area contributed by atoms with Crippen LogP contribution in [0.2, 0.25) is 0 Å². The quantitative estimate of drug-likeness (QED) is 0.800. The molecule has 4 heteroatoms. The van der Waals surface area contributed by atoms with Crippen molar-refractivity contribution in [1.82, 2.24) is 10.2 Å². The van der Waals surface area contributed by atoms with Gasteiger partial charge in [0.05, 0.1) is 18.8 Å². The predicted octanol–water partition coefficient (Wildman–Crippen LogP) is 0.889. The maximum absolute atomic E-state index is 12.5. The van der Waals surface area contributed by atoms with Crippen LogP contribution in [0.25, 0.3) is 0 Å². The van der Waals surface area contributed by atoms with E-state index >= 15 is 0 Å². The van der Waals surface area contributed by atoms with Gasteiger partial charge in [-0.05, 0) is 25.1 Å². The Morgan fingerprint density at radius 2 is 2.17 bits per heavy atom. The van der Waals surface area contributed by atoms with Crippen LogP contribution in [0.5, 0.6) is 0 Å². The molecule has 2 fully saturated rings. The van der Waals surface area contributed by atoms with E-state index in [9.17, 15) is 4.79 Å². The fourth-order valence-electron chi connectivity index (χ4n) is 2.81. The second kappa shape index (κ2) is 5.08. The fraction of sp³-hybridized carbons (Fsp3) is 0.500. The molecule has 96 valence electrons. The molecule has 0 bridgehead atoms. The molecule has 2 aliphatic rings. The van der Waals surface area contributed by atoms with E-state index in [4.69, 9.17) is 4.74 Å². The highest BCUT2D eigenvalue weighted by Gasteiger charge is 2.36. The lowest BCUT2D eigenvalue weighted by atomic mass is 9.99. The smallest absolute Gasteiger partial charge is 0.254 e. The molecule has 18 heavy (non-hydrogen) atoms. The van der Waals surface area contributed by atoms with E-state index in [1.54, 1.807) is 0 Å². The Morgan fingerprint density at radius 3 is 3.00 bits per heavy atom. The Balaban J connectivity index is 1.80. The average molecular weight is 246 g/mol. The number of nitrogens with zero attached hydrogens (tertiary/aromatic N) is 1. The Bertz CT molecular complexity index is 419. The molecular formula is C14H18N2O2. The van der Waals surface area contributed by atoms with E-state index in [0.717, 1.165) is 25.1 Å². The third-order valence-electron chi connectivity index (χ3n) is 3.74. The van der Waals surface area contributed by atoms with Gasteiger partial charge in [0.15, 0.2) is 0 Å². The molecule has 1 N–H and O–H groups in total. The number of fused-ring (bicyclic) bond motifs is 1. The molecule has 1 aromatic carbocycles. The van der Waals surface area contributed by atoms with Gasteiger partial charge in [0, 0.05) is 18.7 Å². The van der Waals surface area contributed by atoms with E-state index in [-0.39, 0.29) is 18.1 Å². The summed E-state index contributed by atoms with van der Waals surface area (Å²) in [4.78, 5) is 14.5. The molecule has 2 heterocycles. The highest BCUT2D eigenvalue weighted by Crippen LogP contribution is 2.21. The molecule has 0 saturated carbocycles. The number of nitrogens with one attached hydrogen (secondary N) is 1. The molecule has 4 nitrogen and oxygen atoms in total. The first kappa shape index (κ1) is 11.7. The summed E-state index contributed by atoms with van der Waals surface area (Å²) in [5, 5.41) is 3.32. The summed E-state index contributed by atoms with van der Waals surface area (Å²) in [6.45, 7) is 3.16. The average Bonchev–Trinajstić information content (AvgIpc) is 2.47. The summed E-state index contributed by atoms with van der Waals surface area (Å²) in [6.07, 6.45) is 1.13. The second-order valence-electron chi connectivity index (χ2n) is 4.83. The number of morpholine rings is 1. The summed E-state index contributed by atoms with van der Waals surface area (Å²) in [5.41, 5.74) is 0.775. The highest BCUT2D eigenvalue weighted by atomic mass is 16.5. The van der Waals surface area contributed by atoms with Gasteiger partial charge in [0.25, 0.3) is 5.91 Å². The third-order valence-corrected chi connectivity index (χ3v) is 3.74. The number of hydrogen-bond acceptors (Lipinski definition) is 3. The zero-order chi connectivity index (χ0) is 12.4. The van der Waals surface area contributed by atoms with Gasteiger partial charge in [-0.2, -0.15) is 0 Å². The summed E-state index contributed by atoms with van der Waals surface area (Å²) in [5.74, 6) is 0.135.